The average Bonchev–Trinajstić information content (AvgIpc) is 2.80. The molecule has 3 heteroatoms. The largest absolute Gasteiger partial charge is 0.494 e. The molecule has 0 amide bonds. The van der Waals surface area contributed by atoms with E-state index in [1.165, 1.54) is 16.7 Å². The number of benzene rings is 3. The van der Waals surface area contributed by atoms with Gasteiger partial charge in [-0.1, -0.05) is 78.9 Å². The van der Waals surface area contributed by atoms with Gasteiger partial charge in [0.25, 0.3) is 0 Å². The molecule has 1 atom stereocenters. The lowest BCUT2D eigenvalue weighted by molar-refractivity contribution is 0.334. The maximum atomic E-state index is 5.72. The summed E-state index contributed by atoms with van der Waals surface area (Å²) in [6, 6.07) is 30.3. The topological polar surface area (TPSA) is 33.3 Å². The summed E-state index contributed by atoms with van der Waals surface area (Å²) in [6.45, 7) is 7.67. The van der Waals surface area contributed by atoms with Crippen molar-refractivity contribution in [1.29, 1.82) is 0 Å². The highest BCUT2D eigenvalue weighted by molar-refractivity contribution is 5.33. The van der Waals surface area contributed by atoms with Gasteiger partial charge < -0.3 is 15.4 Å². The van der Waals surface area contributed by atoms with Crippen molar-refractivity contribution in [2.75, 3.05) is 19.7 Å². The smallest absolute Gasteiger partial charge is 0.123 e. The molecule has 0 fully saturated rings. The fourth-order valence-electron chi connectivity index (χ4n) is 3.76. The molecule has 3 rings (SSSR count). The molecule has 0 radical (unpaired) electrons. The van der Waals surface area contributed by atoms with Gasteiger partial charge in [0.1, 0.15) is 5.75 Å². The van der Waals surface area contributed by atoms with E-state index in [2.05, 4.69) is 90.4 Å². The van der Waals surface area contributed by atoms with Crippen molar-refractivity contribution < 1.29 is 4.74 Å². The summed E-state index contributed by atoms with van der Waals surface area (Å²) < 4.78 is 5.72. The predicted octanol–water partition coefficient (Wildman–Crippen LogP) is 5.38. The molecule has 0 heterocycles. The van der Waals surface area contributed by atoms with E-state index < -0.39 is 0 Å². The molecule has 0 saturated carbocycles. The summed E-state index contributed by atoms with van der Waals surface area (Å²) in [7, 11) is 0. The molecule has 0 aliphatic rings. The van der Waals surface area contributed by atoms with E-state index in [1.807, 2.05) is 19.1 Å². The zero-order valence-corrected chi connectivity index (χ0v) is 18.2. The highest BCUT2D eigenvalue weighted by Gasteiger charge is 2.13. The van der Waals surface area contributed by atoms with Crippen LogP contribution in [0.1, 0.15) is 42.9 Å². The van der Waals surface area contributed by atoms with Crippen LogP contribution in [-0.4, -0.2) is 25.7 Å². The van der Waals surface area contributed by atoms with Crippen molar-refractivity contribution >= 4 is 0 Å². The van der Waals surface area contributed by atoms with E-state index >= 15 is 0 Å². The Kier molecular flexibility index (Phi) is 8.95. The number of hydrogen-bond donors (Lipinski definition) is 2. The van der Waals surface area contributed by atoms with Crippen LogP contribution in [0.4, 0.5) is 0 Å². The van der Waals surface area contributed by atoms with Crippen LogP contribution < -0.4 is 15.4 Å². The fraction of sp³-hybridized carbons (Fsp3) is 0.333. The first-order valence-corrected chi connectivity index (χ1v) is 11.0. The molecular formula is C27H34N2O. The second-order valence-electron chi connectivity index (χ2n) is 7.69. The molecule has 3 aromatic carbocycles. The second-order valence-corrected chi connectivity index (χ2v) is 7.69. The Hall–Kier alpha value is -2.62. The number of hydrogen-bond acceptors (Lipinski definition) is 3. The first-order chi connectivity index (χ1) is 14.8. The summed E-state index contributed by atoms with van der Waals surface area (Å²) in [4.78, 5) is 0. The van der Waals surface area contributed by atoms with Crippen molar-refractivity contribution in [1.82, 2.24) is 10.6 Å². The molecule has 30 heavy (non-hydrogen) atoms. The van der Waals surface area contributed by atoms with Crippen LogP contribution >= 0.6 is 0 Å². The SMILES string of the molecule is CCOc1ccccc1CNC(C)CNCCC(c1ccccc1)c1ccccc1. The third-order valence-electron chi connectivity index (χ3n) is 5.38. The third kappa shape index (κ3) is 6.72. The summed E-state index contributed by atoms with van der Waals surface area (Å²) in [5.41, 5.74) is 3.97. The lowest BCUT2D eigenvalue weighted by atomic mass is 9.88. The lowest BCUT2D eigenvalue weighted by Gasteiger charge is -2.20. The Labute approximate surface area is 181 Å². The molecule has 2 N–H and O–H groups in total. The molecule has 0 bridgehead atoms. The fourth-order valence-corrected chi connectivity index (χ4v) is 3.76. The first-order valence-electron chi connectivity index (χ1n) is 11.0. The maximum Gasteiger partial charge on any atom is 0.123 e. The molecule has 0 saturated heterocycles. The molecule has 0 spiro atoms. The van der Waals surface area contributed by atoms with Crippen LogP contribution in [0.3, 0.4) is 0 Å². The lowest BCUT2D eigenvalue weighted by Crippen LogP contribution is -2.36. The first kappa shape index (κ1) is 22.1. The molecule has 158 valence electrons. The summed E-state index contributed by atoms with van der Waals surface area (Å²) >= 11 is 0. The van der Waals surface area contributed by atoms with Gasteiger partial charge in [-0.15, -0.1) is 0 Å². The van der Waals surface area contributed by atoms with Crippen molar-refractivity contribution in [3.8, 4) is 5.75 Å². The molecule has 1 unspecified atom stereocenters. The van der Waals surface area contributed by atoms with E-state index in [9.17, 15) is 0 Å². The summed E-state index contributed by atoms with van der Waals surface area (Å²) in [5, 5.41) is 7.24. The monoisotopic (exact) mass is 402 g/mol. The van der Waals surface area contributed by atoms with Crippen molar-refractivity contribution in [3.05, 3.63) is 102 Å². The Morgan fingerprint density at radius 2 is 1.40 bits per heavy atom. The van der Waals surface area contributed by atoms with Gasteiger partial charge in [0.15, 0.2) is 0 Å². The number of rotatable bonds is 12. The predicted molar refractivity (Wildman–Crippen MR) is 126 cm³/mol. The minimum absolute atomic E-state index is 0.381. The van der Waals surface area contributed by atoms with Crippen LogP contribution in [0.15, 0.2) is 84.9 Å². The third-order valence-corrected chi connectivity index (χ3v) is 5.38. The molecule has 3 nitrogen and oxygen atoms in total. The minimum atomic E-state index is 0.381. The van der Waals surface area contributed by atoms with Gasteiger partial charge in [0.2, 0.25) is 0 Å². The van der Waals surface area contributed by atoms with E-state index in [4.69, 9.17) is 4.74 Å². The minimum Gasteiger partial charge on any atom is -0.494 e. The maximum absolute atomic E-state index is 5.72. The highest BCUT2D eigenvalue weighted by atomic mass is 16.5. The quantitative estimate of drug-likeness (QED) is 0.399. The number of ether oxygens (including phenoxy) is 1. The second kappa shape index (κ2) is 12.2. The van der Waals surface area contributed by atoms with Gasteiger partial charge in [-0.25, -0.2) is 0 Å². The average molecular weight is 403 g/mol. The van der Waals surface area contributed by atoms with Gasteiger partial charge in [-0.2, -0.15) is 0 Å². The Balaban J connectivity index is 1.47. The van der Waals surface area contributed by atoms with E-state index in [0.29, 0.717) is 18.6 Å². The highest BCUT2D eigenvalue weighted by Crippen LogP contribution is 2.27. The van der Waals surface area contributed by atoms with Gasteiger partial charge in [-0.3, -0.25) is 0 Å². The molecule has 0 aliphatic carbocycles. The number of para-hydroxylation sites is 1. The molecule has 3 aromatic rings. The summed E-state index contributed by atoms with van der Waals surface area (Å²) in [5.74, 6) is 1.39. The van der Waals surface area contributed by atoms with E-state index in [-0.39, 0.29) is 0 Å². The standard InChI is InChI=1S/C27H34N2O/c1-3-30-27-17-11-10-16-25(27)21-29-22(2)20-28-19-18-26(23-12-6-4-7-13-23)24-14-8-5-9-15-24/h4-17,22,26,28-29H,3,18-21H2,1-2H3. The Bertz CT molecular complexity index is 812. The van der Waals surface area contributed by atoms with Crippen molar-refractivity contribution in [2.24, 2.45) is 0 Å². The summed E-state index contributed by atoms with van der Waals surface area (Å²) in [6.07, 6.45) is 1.08. The van der Waals surface area contributed by atoms with Crippen LogP contribution in [0, 0.1) is 0 Å². The Morgan fingerprint density at radius 1 is 0.800 bits per heavy atom. The zero-order chi connectivity index (χ0) is 21.0. The molecule has 0 aromatic heterocycles. The van der Waals surface area contributed by atoms with Crippen LogP contribution in [0.25, 0.3) is 0 Å². The van der Waals surface area contributed by atoms with Gasteiger partial charge >= 0.3 is 0 Å². The van der Waals surface area contributed by atoms with Gasteiger partial charge in [0, 0.05) is 30.6 Å². The molecular weight excluding hydrogens is 368 g/mol. The van der Waals surface area contributed by atoms with Crippen molar-refractivity contribution in [2.45, 2.75) is 38.8 Å². The van der Waals surface area contributed by atoms with Crippen LogP contribution in [0.2, 0.25) is 0 Å². The zero-order valence-electron chi connectivity index (χ0n) is 18.2. The number of nitrogens with one attached hydrogen (secondary N) is 2. The van der Waals surface area contributed by atoms with Gasteiger partial charge in [0.05, 0.1) is 6.61 Å². The van der Waals surface area contributed by atoms with Crippen LogP contribution in [0.5, 0.6) is 5.75 Å². The van der Waals surface area contributed by atoms with E-state index in [0.717, 1.165) is 31.8 Å². The van der Waals surface area contributed by atoms with Gasteiger partial charge in [-0.05, 0) is 44.0 Å². The van der Waals surface area contributed by atoms with Crippen LogP contribution in [-0.2, 0) is 6.54 Å². The normalized spacial score (nSPS) is 12.1. The Morgan fingerprint density at radius 3 is 2.03 bits per heavy atom. The van der Waals surface area contributed by atoms with E-state index in [1.54, 1.807) is 0 Å². The van der Waals surface area contributed by atoms with Crippen molar-refractivity contribution in [3.63, 3.8) is 0 Å². The molecule has 0 aliphatic heterocycles.